The average Bonchev–Trinajstić information content (AvgIpc) is 2.86. The molecule has 4 rings (SSSR count). The predicted molar refractivity (Wildman–Crippen MR) is 128 cm³/mol. The lowest BCUT2D eigenvalue weighted by atomic mass is 10.1. The zero-order valence-electron chi connectivity index (χ0n) is 18.4. The lowest BCUT2D eigenvalue weighted by Gasteiger charge is -2.14. The van der Waals surface area contributed by atoms with Crippen LogP contribution in [-0.4, -0.2) is 32.5 Å². The summed E-state index contributed by atoms with van der Waals surface area (Å²) in [5, 5.41) is 3.16. The summed E-state index contributed by atoms with van der Waals surface area (Å²) in [6.07, 6.45) is 6.96. The average molecular weight is 476 g/mol. The second-order valence-corrected chi connectivity index (χ2v) is 8.54. The van der Waals surface area contributed by atoms with Crippen molar-refractivity contribution < 1.29 is 9.18 Å². The third kappa shape index (κ3) is 5.93. The van der Waals surface area contributed by atoms with Crippen molar-refractivity contribution in [3.8, 4) is 0 Å². The van der Waals surface area contributed by atoms with Gasteiger partial charge in [-0.25, -0.2) is 14.4 Å². The molecule has 2 heterocycles. The van der Waals surface area contributed by atoms with E-state index in [1.807, 2.05) is 22.9 Å². The van der Waals surface area contributed by atoms with Crippen molar-refractivity contribution in [2.45, 2.75) is 23.9 Å². The van der Waals surface area contributed by atoms with Gasteiger partial charge in [0, 0.05) is 55.5 Å². The molecule has 0 bridgehead atoms. The first-order valence-corrected chi connectivity index (χ1v) is 11.5. The van der Waals surface area contributed by atoms with Crippen LogP contribution in [0.15, 0.2) is 83.4 Å². The number of aromatic nitrogens is 4. The van der Waals surface area contributed by atoms with Crippen LogP contribution in [0.25, 0.3) is 0 Å². The minimum Gasteiger partial charge on any atom is -0.355 e. The number of nitrogens with zero attached hydrogens (tertiary/aromatic N) is 4. The Hall–Kier alpha value is -3.85. The molecule has 0 saturated heterocycles. The smallest absolute Gasteiger partial charge is 0.277 e. The molecule has 0 fully saturated rings. The first-order valence-electron chi connectivity index (χ1n) is 10.5. The van der Waals surface area contributed by atoms with Crippen LogP contribution in [0.5, 0.6) is 0 Å². The molecule has 172 valence electrons. The van der Waals surface area contributed by atoms with E-state index in [0.717, 1.165) is 16.7 Å². The van der Waals surface area contributed by atoms with Crippen molar-refractivity contribution in [3.63, 3.8) is 0 Å². The van der Waals surface area contributed by atoms with Gasteiger partial charge >= 0.3 is 0 Å². The maximum absolute atomic E-state index is 13.2. The Morgan fingerprint density at radius 1 is 1.00 bits per heavy atom. The Kier molecular flexibility index (Phi) is 7.44. The second-order valence-electron chi connectivity index (χ2n) is 7.60. The molecule has 1 amide bonds. The van der Waals surface area contributed by atoms with Gasteiger partial charge in [0.05, 0.1) is 0 Å². The molecule has 34 heavy (non-hydrogen) atoms. The van der Waals surface area contributed by atoms with Crippen LogP contribution >= 0.6 is 11.8 Å². The van der Waals surface area contributed by atoms with Gasteiger partial charge in [0.25, 0.3) is 11.5 Å². The fourth-order valence-corrected chi connectivity index (χ4v) is 4.26. The minimum atomic E-state index is -0.309. The van der Waals surface area contributed by atoms with E-state index in [2.05, 4.69) is 20.3 Å². The molecule has 1 N–H and O–H groups in total. The Bertz CT molecular complexity index is 1330. The van der Waals surface area contributed by atoms with Crippen LogP contribution in [0.2, 0.25) is 0 Å². The van der Waals surface area contributed by atoms with Crippen LogP contribution in [0, 0.1) is 5.82 Å². The Labute approximate surface area is 200 Å². The highest BCUT2D eigenvalue weighted by Gasteiger charge is 2.12. The molecule has 9 heteroatoms. The van der Waals surface area contributed by atoms with Gasteiger partial charge in [-0.3, -0.25) is 9.59 Å². The predicted octanol–water partition coefficient (Wildman–Crippen LogP) is 3.46. The van der Waals surface area contributed by atoms with E-state index in [4.69, 9.17) is 0 Å². The summed E-state index contributed by atoms with van der Waals surface area (Å²) >= 11 is 1.41. The molecule has 0 aliphatic rings. The van der Waals surface area contributed by atoms with E-state index < -0.39 is 0 Å². The van der Waals surface area contributed by atoms with Gasteiger partial charge in [0.1, 0.15) is 12.1 Å². The van der Waals surface area contributed by atoms with Crippen molar-refractivity contribution >= 4 is 17.7 Å². The number of carbonyl (C=O) groups excluding carboxylic acids is 1. The van der Waals surface area contributed by atoms with Crippen LogP contribution < -0.4 is 10.9 Å². The lowest BCUT2D eigenvalue weighted by Crippen LogP contribution is -2.20. The summed E-state index contributed by atoms with van der Waals surface area (Å²) in [6, 6.07) is 13.5. The summed E-state index contributed by atoms with van der Waals surface area (Å²) < 4.78 is 15.2. The Morgan fingerprint density at radius 3 is 2.35 bits per heavy atom. The molecule has 0 aliphatic heterocycles. The van der Waals surface area contributed by atoms with Crippen molar-refractivity contribution in [1.29, 1.82) is 0 Å². The van der Waals surface area contributed by atoms with Gasteiger partial charge in [-0.2, -0.15) is 4.98 Å². The maximum Gasteiger partial charge on any atom is 0.277 e. The second kappa shape index (κ2) is 10.8. The number of halogens is 1. The molecule has 2 aromatic heterocycles. The zero-order valence-corrected chi connectivity index (χ0v) is 19.3. The van der Waals surface area contributed by atoms with Crippen molar-refractivity contribution in [3.05, 3.63) is 117 Å². The summed E-state index contributed by atoms with van der Waals surface area (Å²) in [5.41, 5.74) is 3.48. The van der Waals surface area contributed by atoms with Crippen LogP contribution in [0.1, 0.15) is 32.6 Å². The fourth-order valence-electron chi connectivity index (χ4n) is 3.34. The quantitative estimate of drug-likeness (QED) is 0.310. The number of rotatable bonds is 8. The van der Waals surface area contributed by atoms with E-state index >= 15 is 0 Å². The van der Waals surface area contributed by atoms with Gasteiger partial charge in [-0.1, -0.05) is 36.0 Å². The molecule has 7 nitrogen and oxygen atoms in total. The molecule has 0 radical (unpaired) electrons. The SMILES string of the molecule is CNC(=O)c1ccc(Cn2cc(Cc3cncnc3)c(=O)nc2SCc2ccc(F)cc2)cc1. The van der Waals surface area contributed by atoms with E-state index in [1.54, 1.807) is 43.7 Å². The van der Waals surface area contributed by atoms with Crippen LogP contribution in [0.3, 0.4) is 0 Å². The number of amides is 1. The van der Waals surface area contributed by atoms with Crippen LogP contribution in [-0.2, 0) is 18.7 Å². The molecular formula is C25H22FN5O2S. The maximum atomic E-state index is 13.2. The third-order valence-corrected chi connectivity index (χ3v) is 6.18. The first-order chi connectivity index (χ1) is 16.5. The van der Waals surface area contributed by atoms with Crippen molar-refractivity contribution in [1.82, 2.24) is 24.8 Å². The van der Waals surface area contributed by atoms with E-state index in [0.29, 0.717) is 35.0 Å². The van der Waals surface area contributed by atoms with Gasteiger partial charge < -0.3 is 9.88 Å². The molecule has 0 aliphatic carbocycles. The minimum absolute atomic E-state index is 0.153. The normalized spacial score (nSPS) is 10.8. The number of hydrogen-bond acceptors (Lipinski definition) is 6. The van der Waals surface area contributed by atoms with Gasteiger partial charge in [-0.05, 0) is 41.0 Å². The van der Waals surface area contributed by atoms with Crippen LogP contribution in [0.4, 0.5) is 4.39 Å². The topological polar surface area (TPSA) is 89.8 Å². The summed E-state index contributed by atoms with van der Waals surface area (Å²) in [4.78, 5) is 37.0. The molecule has 2 aromatic carbocycles. The number of thioether (sulfide) groups is 1. The number of carbonyl (C=O) groups is 1. The van der Waals surface area contributed by atoms with E-state index in [9.17, 15) is 14.0 Å². The Morgan fingerprint density at radius 2 is 1.68 bits per heavy atom. The summed E-state index contributed by atoms with van der Waals surface area (Å²) in [6.45, 7) is 0.464. The standard InChI is InChI=1S/C25H22FN5O2S/c1-27-23(32)20-6-2-17(3-7-20)13-31-14-21(10-19-11-28-16-29-12-19)24(33)30-25(31)34-15-18-4-8-22(26)9-5-18/h2-9,11-12,14,16H,10,13,15H2,1H3,(H,27,32). The highest BCUT2D eigenvalue weighted by atomic mass is 32.2. The molecule has 0 unspecified atom stereocenters. The molecular weight excluding hydrogens is 453 g/mol. The zero-order chi connectivity index (χ0) is 23.9. The lowest BCUT2D eigenvalue weighted by molar-refractivity contribution is 0.0963. The molecule has 0 spiro atoms. The largest absolute Gasteiger partial charge is 0.355 e. The number of hydrogen-bond donors (Lipinski definition) is 1. The highest BCUT2D eigenvalue weighted by molar-refractivity contribution is 7.98. The molecule has 0 atom stereocenters. The monoisotopic (exact) mass is 475 g/mol. The molecule has 0 saturated carbocycles. The van der Waals surface area contributed by atoms with E-state index in [1.165, 1.54) is 30.2 Å². The third-order valence-electron chi connectivity index (χ3n) is 5.12. The van der Waals surface area contributed by atoms with Crippen molar-refractivity contribution in [2.24, 2.45) is 0 Å². The fraction of sp³-hybridized carbons (Fsp3) is 0.160. The van der Waals surface area contributed by atoms with Gasteiger partial charge in [0.15, 0.2) is 5.16 Å². The van der Waals surface area contributed by atoms with Gasteiger partial charge in [-0.15, -0.1) is 0 Å². The van der Waals surface area contributed by atoms with E-state index in [-0.39, 0.29) is 17.3 Å². The number of nitrogens with one attached hydrogen (secondary N) is 1. The summed E-state index contributed by atoms with van der Waals surface area (Å²) in [7, 11) is 1.59. The molecule has 4 aromatic rings. The Balaban J connectivity index is 1.63. The number of benzene rings is 2. The highest BCUT2D eigenvalue weighted by Crippen LogP contribution is 2.22. The summed E-state index contributed by atoms with van der Waals surface area (Å²) in [5.74, 6) is 0.0894. The van der Waals surface area contributed by atoms with Gasteiger partial charge in [0.2, 0.25) is 0 Å². The van der Waals surface area contributed by atoms with Crippen molar-refractivity contribution in [2.75, 3.05) is 7.05 Å². The first kappa shape index (κ1) is 23.3.